The normalized spacial score (nSPS) is 10.9. The number of unbranched alkanes of at least 4 members (excludes halogenated alkanes) is 1. The highest BCUT2D eigenvalue weighted by Gasteiger charge is 1.92. The predicted octanol–water partition coefficient (Wildman–Crippen LogP) is 4.48. The van der Waals surface area contributed by atoms with Crippen LogP contribution in [0.15, 0.2) is 23.3 Å². The van der Waals surface area contributed by atoms with Gasteiger partial charge in [-0.25, -0.2) is 0 Å². The first-order chi connectivity index (χ1) is 6.70. The van der Waals surface area contributed by atoms with Crippen molar-refractivity contribution in [2.45, 2.75) is 52.9 Å². The molecule has 0 aromatic carbocycles. The topological polar surface area (TPSA) is 0 Å². The molecule has 0 aromatic rings. The summed E-state index contributed by atoms with van der Waals surface area (Å²) in [4.78, 5) is 0. The molecule has 0 bridgehead atoms. The highest BCUT2D eigenvalue weighted by molar-refractivity contribution is 5.05. The number of rotatable bonds is 6. The van der Waals surface area contributed by atoms with Crippen molar-refractivity contribution in [3.05, 3.63) is 23.3 Å². The first-order valence-corrected chi connectivity index (χ1v) is 5.45. The van der Waals surface area contributed by atoms with Crippen molar-refractivity contribution in [2.24, 2.45) is 0 Å². The number of allylic oxidation sites excluding steroid dienone is 4. The Morgan fingerprint density at radius 2 is 1.93 bits per heavy atom. The predicted molar refractivity (Wildman–Crippen MR) is 65.1 cm³/mol. The molecule has 0 rings (SSSR count). The van der Waals surface area contributed by atoms with Gasteiger partial charge in [0.2, 0.25) is 0 Å². The van der Waals surface area contributed by atoms with E-state index in [4.69, 9.17) is 6.42 Å². The lowest BCUT2D eigenvalue weighted by Crippen LogP contribution is -1.82. The van der Waals surface area contributed by atoms with Crippen LogP contribution < -0.4 is 0 Å². The lowest BCUT2D eigenvalue weighted by molar-refractivity contribution is 0.882. The van der Waals surface area contributed by atoms with Crippen molar-refractivity contribution in [3.8, 4) is 12.3 Å². The van der Waals surface area contributed by atoms with Crippen molar-refractivity contribution in [3.63, 3.8) is 0 Å². The molecule has 14 heavy (non-hydrogen) atoms. The van der Waals surface area contributed by atoms with Crippen LogP contribution in [0.5, 0.6) is 0 Å². The van der Waals surface area contributed by atoms with Gasteiger partial charge >= 0.3 is 0 Å². The van der Waals surface area contributed by atoms with Crippen molar-refractivity contribution in [2.75, 3.05) is 0 Å². The summed E-state index contributed by atoms with van der Waals surface area (Å²) in [5.74, 6) is 2.66. The summed E-state index contributed by atoms with van der Waals surface area (Å²) in [6.45, 7) is 6.51. The second-order valence-electron chi connectivity index (χ2n) is 3.78. The Morgan fingerprint density at radius 3 is 2.43 bits per heavy atom. The van der Waals surface area contributed by atoms with Crippen LogP contribution in [0.3, 0.4) is 0 Å². The Hall–Kier alpha value is -0.960. The van der Waals surface area contributed by atoms with Gasteiger partial charge in [0, 0.05) is 6.42 Å². The molecular weight excluding hydrogens is 168 g/mol. The second kappa shape index (κ2) is 8.63. The van der Waals surface area contributed by atoms with Crippen molar-refractivity contribution in [1.82, 2.24) is 0 Å². The monoisotopic (exact) mass is 190 g/mol. The molecule has 0 N–H and O–H groups in total. The smallest absolute Gasteiger partial charge is 0.0121 e. The molecule has 0 aliphatic heterocycles. The van der Waals surface area contributed by atoms with Crippen LogP contribution in [0.2, 0.25) is 0 Å². The van der Waals surface area contributed by atoms with Crippen molar-refractivity contribution < 1.29 is 0 Å². The van der Waals surface area contributed by atoms with E-state index in [2.05, 4.69) is 38.8 Å². The summed E-state index contributed by atoms with van der Waals surface area (Å²) in [7, 11) is 0. The van der Waals surface area contributed by atoms with E-state index in [1.54, 1.807) is 0 Å². The van der Waals surface area contributed by atoms with Gasteiger partial charge in [0.25, 0.3) is 0 Å². The van der Waals surface area contributed by atoms with Crippen LogP contribution in [0.4, 0.5) is 0 Å². The van der Waals surface area contributed by atoms with Gasteiger partial charge in [-0.3, -0.25) is 0 Å². The summed E-state index contributed by atoms with van der Waals surface area (Å²) >= 11 is 0. The Balaban J connectivity index is 3.85. The Kier molecular flexibility index (Phi) is 8.04. The molecular formula is C14H22. The molecule has 0 unspecified atom stereocenters. The SMILES string of the molecule is C#CCCC=C(CC)CCC=C(C)C. The van der Waals surface area contributed by atoms with E-state index in [0.29, 0.717) is 0 Å². The molecule has 0 atom stereocenters. The zero-order valence-electron chi connectivity index (χ0n) is 9.77. The molecule has 0 saturated carbocycles. The minimum Gasteiger partial charge on any atom is -0.120 e. The third-order valence-electron chi connectivity index (χ3n) is 2.19. The average molecular weight is 190 g/mol. The summed E-state index contributed by atoms with van der Waals surface area (Å²) in [5, 5.41) is 0. The molecule has 0 aromatic heterocycles. The van der Waals surface area contributed by atoms with Crippen LogP contribution >= 0.6 is 0 Å². The van der Waals surface area contributed by atoms with E-state index >= 15 is 0 Å². The van der Waals surface area contributed by atoms with E-state index in [1.807, 2.05) is 0 Å². The summed E-state index contributed by atoms with van der Waals surface area (Å²) < 4.78 is 0. The van der Waals surface area contributed by atoms with Crippen molar-refractivity contribution >= 4 is 0 Å². The fraction of sp³-hybridized carbons (Fsp3) is 0.571. The molecule has 0 nitrogen and oxygen atoms in total. The molecule has 0 spiro atoms. The van der Waals surface area contributed by atoms with Crippen molar-refractivity contribution in [1.29, 1.82) is 0 Å². The average Bonchev–Trinajstić information content (AvgIpc) is 2.15. The maximum atomic E-state index is 5.21. The van der Waals surface area contributed by atoms with Crippen LogP contribution in [-0.4, -0.2) is 0 Å². The van der Waals surface area contributed by atoms with Gasteiger partial charge in [-0.1, -0.05) is 30.2 Å². The molecule has 0 radical (unpaired) electrons. The van der Waals surface area contributed by atoms with Crippen LogP contribution in [0.1, 0.15) is 52.9 Å². The van der Waals surface area contributed by atoms with Gasteiger partial charge in [0.05, 0.1) is 0 Å². The quantitative estimate of drug-likeness (QED) is 0.329. The third-order valence-corrected chi connectivity index (χ3v) is 2.19. The maximum Gasteiger partial charge on any atom is 0.0121 e. The standard InChI is InChI=1S/C14H22/c1-5-7-8-11-14(6-2)12-9-10-13(3)4/h1,10-11H,6-9,12H2,2-4H3. The largest absolute Gasteiger partial charge is 0.120 e. The first-order valence-electron chi connectivity index (χ1n) is 5.45. The maximum absolute atomic E-state index is 5.21. The Bertz CT molecular complexity index is 231. The van der Waals surface area contributed by atoms with Gasteiger partial charge < -0.3 is 0 Å². The van der Waals surface area contributed by atoms with E-state index in [-0.39, 0.29) is 0 Å². The fourth-order valence-corrected chi connectivity index (χ4v) is 1.33. The third kappa shape index (κ3) is 7.68. The van der Waals surface area contributed by atoms with Crippen LogP contribution in [0.25, 0.3) is 0 Å². The van der Waals surface area contributed by atoms with Gasteiger partial charge in [-0.15, -0.1) is 12.3 Å². The highest BCUT2D eigenvalue weighted by atomic mass is 14.0. The minimum atomic E-state index is 0.867. The molecule has 0 fully saturated rings. The zero-order valence-corrected chi connectivity index (χ0v) is 9.77. The van der Waals surface area contributed by atoms with E-state index < -0.39 is 0 Å². The second-order valence-corrected chi connectivity index (χ2v) is 3.78. The van der Waals surface area contributed by atoms with Gasteiger partial charge in [0.15, 0.2) is 0 Å². The number of hydrogen-bond acceptors (Lipinski definition) is 0. The van der Waals surface area contributed by atoms with Crippen LogP contribution in [0, 0.1) is 12.3 Å². The lowest BCUT2D eigenvalue weighted by Gasteiger charge is -2.02. The first kappa shape index (κ1) is 13.0. The van der Waals surface area contributed by atoms with Gasteiger partial charge in [-0.2, -0.15) is 0 Å². The summed E-state index contributed by atoms with van der Waals surface area (Å²) in [6.07, 6.45) is 15.2. The molecule has 0 heteroatoms. The number of hydrogen-bond donors (Lipinski definition) is 0. The van der Waals surface area contributed by atoms with E-state index in [1.165, 1.54) is 17.6 Å². The minimum absolute atomic E-state index is 0.867. The fourth-order valence-electron chi connectivity index (χ4n) is 1.33. The van der Waals surface area contributed by atoms with Gasteiger partial charge in [-0.05, 0) is 39.5 Å². The molecule has 0 heterocycles. The highest BCUT2D eigenvalue weighted by Crippen LogP contribution is 2.12. The Labute approximate surface area is 89.1 Å². The molecule has 0 aliphatic carbocycles. The molecule has 0 aliphatic rings. The zero-order chi connectivity index (χ0) is 10.8. The summed E-state index contributed by atoms with van der Waals surface area (Å²) in [6, 6.07) is 0. The van der Waals surface area contributed by atoms with Gasteiger partial charge in [0.1, 0.15) is 0 Å². The van der Waals surface area contributed by atoms with E-state index in [9.17, 15) is 0 Å². The lowest BCUT2D eigenvalue weighted by atomic mass is 10.0. The Morgan fingerprint density at radius 1 is 1.21 bits per heavy atom. The number of terminal acetylenes is 1. The molecule has 0 amide bonds. The van der Waals surface area contributed by atoms with Crippen LogP contribution in [-0.2, 0) is 0 Å². The van der Waals surface area contributed by atoms with E-state index in [0.717, 1.165) is 25.7 Å². The summed E-state index contributed by atoms with van der Waals surface area (Å²) in [5.41, 5.74) is 2.95. The molecule has 78 valence electrons. The molecule has 0 saturated heterocycles.